The summed E-state index contributed by atoms with van der Waals surface area (Å²) in [5.41, 5.74) is 5.96. The summed E-state index contributed by atoms with van der Waals surface area (Å²) in [4.78, 5) is 0. The van der Waals surface area contributed by atoms with Gasteiger partial charge in [0.15, 0.2) is 0 Å². The molecular formula is C20H33N. The van der Waals surface area contributed by atoms with Crippen molar-refractivity contribution in [1.82, 2.24) is 4.57 Å². The minimum atomic E-state index is 0.351. The Balaban J connectivity index is 3.17. The SMILES string of the molecule is CCc1c(C)c(C=CC(C)C)n(C)c1C=CCC(C)(C)C. The standard InChI is InChI=1S/C20H33N/c1-9-17-16(4)18(13-12-15(2)3)21(8)19(17)11-10-14-20(5,6)7/h10-13,15H,9,14H2,1-8H3. The van der Waals surface area contributed by atoms with E-state index in [2.05, 4.69) is 84.4 Å². The average molecular weight is 287 g/mol. The predicted molar refractivity (Wildman–Crippen MR) is 96.5 cm³/mol. The Hall–Kier alpha value is -1.24. The zero-order valence-electron chi connectivity index (χ0n) is 15.2. The third kappa shape index (κ3) is 4.91. The fraction of sp³-hybridized carbons (Fsp3) is 0.600. The molecular weight excluding hydrogens is 254 g/mol. The summed E-state index contributed by atoms with van der Waals surface area (Å²) in [5, 5.41) is 0. The molecule has 1 rings (SSSR count). The minimum absolute atomic E-state index is 0.351. The van der Waals surface area contributed by atoms with E-state index in [1.807, 2.05) is 0 Å². The van der Waals surface area contributed by atoms with Gasteiger partial charge in [-0.25, -0.2) is 0 Å². The van der Waals surface area contributed by atoms with E-state index in [9.17, 15) is 0 Å². The van der Waals surface area contributed by atoms with Crippen LogP contribution in [-0.2, 0) is 13.5 Å². The van der Waals surface area contributed by atoms with Crippen LogP contribution in [0, 0.1) is 18.3 Å². The summed E-state index contributed by atoms with van der Waals surface area (Å²) in [6, 6.07) is 0. The molecule has 0 fully saturated rings. The second kappa shape index (κ2) is 7.15. The third-order valence-corrected chi connectivity index (χ3v) is 3.87. The molecule has 0 N–H and O–H groups in total. The Morgan fingerprint density at radius 3 is 2.19 bits per heavy atom. The first-order valence-corrected chi connectivity index (χ1v) is 8.20. The van der Waals surface area contributed by atoms with Gasteiger partial charge >= 0.3 is 0 Å². The van der Waals surface area contributed by atoms with Crippen molar-refractivity contribution >= 4 is 12.2 Å². The topological polar surface area (TPSA) is 4.93 Å². The zero-order chi connectivity index (χ0) is 16.2. The van der Waals surface area contributed by atoms with Crippen molar-refractivity contribution < 1.29 is 0 Å². The van der Waals surface area contributed by atoms with Crippen LogP contribution < -0.4 is 0 Å². The minimum Gasteiger partial charge on any atom is -0.344 e. The number of allylic oxidation sites excluding steroid dienone is 2. The van der Waals surface area contributed by atoms with Crippen LogP contribution in [0.25, 0.3) is 12.2 Å². The van der Waals surface area contributed by atoms with Crippen LogP contribution in [0.15, 0.2) is 12.2 Å². The van der Waals surface area contributed by atoms with E-state index in [0.717, 1.165) is 12.8 Å². The molecule has 21 heavy (non-hydrogen) atoms. The highest BCUT2D eigenvalue weighted by molar-refractivity contribution is 5.62. The molecule has 0 amide bonds. The summed E-state index contributed by atoms with van der Waals surface area (Å²) < 4.78 is 2.34. The van der Waals surface area contributed by atoms with Crippen LogP contribution in [0.1, 0.15) is 70.5 Å². The molecule has 0 aliphatic rings. The van der Waals surface area contributed by atoms with E-state index in [1.165, 1.54) is 22.5 Å². The Labute approximate surface area is 131 Å². The number of aromatic nitrogens is 1. The monoisotopic (exact) mass is 287 g/mol. The molecule has 1 aromatic rings. The first-order valence-electron chi connectivity index (χ1n) is 8.20. The molecule has 0 unspecified atom stereocenters. The lowest BCUT2D eigenvalue weighted by molar-refractivity contribution is 0.421. The molecule has 1 heteroatoms. The zero-order valence-corrected chi connectivity index (χ0v) is 15.2. The second-order valence-electron chi connectivity index (χ2n) is 7.56. The maximum atomic E-state index is 2.34. The molecule has 1 aromatic heterocycles. The first kappa shape index (κ1) is 17.8. The lowest BCUT2D eigenvalue weighted by Gasteiger charge is -2.14. The Kier molecular flexibility index (Phi) is 6.07. The van der Waals surface area contributed by atoms with Crippen molar-refractivity contribution in [2.24, 2.45) is 18.4 Å². The van der Waals surface area contributed by atoms with Gasteiger partial charge in [-0.05, 0) is 54.4 Å². The van der Waals surface area contributed by atoms with E-state index in [-0.39, 0.29) is 0 Å². The summed E-state index contributed by atoms with van der Waals surface area (Å²) >= 11 is 0. The van der Waals surface area contributed by atoms with E-state index in [0.29, 0.717) is 11.3 Å². The molecule has 0 aromatic carbocycles. The van der Waals surface area contributed by atoms with Gasteiger partial charge in [-0.15, -0.1) is 0 Å². The number of hydrogen-bond acceptors (Lipinski definition) is 0. The van der Waals surface area contributed by atoms with Gasteiger partial charge in [0.2, 0.25) is 0 Å². The van der Waals surface area contributed by atoms with E-state index >= 15 is 0 Å². The van der Waals surface area contributed by atoms with Crippen LogP contribution in [0.2, 0.25) is 0 Å². The lowest BCUT2D eigenvalue weighted by Crippen LogP contribution is -2.02. The second-order valence-corrected chi connectivity index (χ2v) is 7.56. The van der Waals surface area contributed by atoms with Gasteiger partial charge in [0.05, 0.1) is 0 Å². The van der Waals surface area contributed by atoms with Gasteiger partial charge in [0.25, 0.3) is 0 Å². The molecule has 0 saturated carbocycles. The van der Waals surface area contributed by atoms with Crippen molar-refractivity contribution in [3.05, 3.63) is 34.7 Å². The molecule has 0 aliphatic heterocycles. The number of hydrogen-bond donors (Lipinski definition) is 0. The Bertz CT molecular complexity index is 519. The van der Waals surface area contributed by atoms with Crippen LogP contribution in [0.4, 0.5) is 0 Å². The first-order chi connectivity index (χ1) is 9.67. The highest BCUT2D eigenvalue weighted by Gasteiger charge is 2.13. The number of rotatable bonds is 5. The normalized spacial score (nSPS) is 13.2. The maximum absolute atomic E-state index is 2.34. The van der Waals surface area contributed by atoms with Crippen LogP contribution in [-0.4, -0.2) is 4.57 Å². The fourth-order valence-corrected chi connectivity index (χ4v) is 2.63. The van der Waals surface area contributed by atoms with Gasteiger partial charge in [-0.2, -0.15) is 0 Å². The Morgan fingerprint density at radius 2 is 1.71 bits per heavy atom. The quantitative estimate of drug-likeness (QED) is 0.624. The molecule has 0 bridgehead atoms. The lowest BCUT2D eigenvalue weighted by atomic mass is 9.92. The van der Waals surface area contributed by atoms with Crippen molar-refractivity contribution in [1.29, 1.82) is 0 Å². The molecule has 118 valence electrons. The van der Waals surface area contributed by atoms with Gasteiger partial charge in [-0.1, -0.05) is 53.7 Å². The summed E-state index contributed by atoms with van der Waals surface area (Å²) in [7, 11) is 2.18. The van der Waals surface area contributed by atoms with Gasteiger partial charge < -0.3 is 4.57 Å². The van der Waals surface area contributed by atoms with E-state index in [4.69, 9.17) is 0 Å². The van der Waals surface area contributed by atoms with Crippen LogP contribution in [0.5, 0.6) is 0 Å². The summed E-state index contributed by atoms with van der Waals surface area (Å²) in [6.45, 7) is 15.8. The third-order valence-electron chi connectivity index (χ3n) is 3.87. The molecule has 0 saturated heterocycles. The van der Waals surface area contributed by atoms with Gasteiger partial charge in [0.1, 0.15) is 0 Å². The summed E-state index contributed by atoms with van der Waals surface area (Å²) in [5.74, 6) is 0.587. The molecule has 0 atom stereocenters. The van der Waals surface area contributed by atoms with Crippen molar-refractivity contribution in [2.75, 3.05) is 0 Å². The van der Waals surface area contributed by atoms with Gasteiger partial charge in [-0.3, -0.25) is 0 Å². The molecule has 0 spiro atoms. The smallest absolute Gasteiger partial charge is 0.0440 e. The number of nitrogens with zero attached hydrogens (tertiary/aromatic N) is 1. The van der Waals surface area contributed by atoms with E-state index in [1.54, 1.807) is 0 Å². The molecule has 1 nitrogen and oxygen atoms in total. The van der Waals surface area contributed by atoms with Crippen molar-refractivity contribution in [3.63, 3.8) is 0 Å². The summed E-state index contributed by atoms with van der Waals surface area (Å²) in [6.07, 6.45) is 11.4. The maximum Gasteiger partial charge on any atom is 0.0440 e. The largest absolute Gasteiger partial charge is 0.344 e. The van der Waals surface area contributed by atoms with E-state index < -0.39 is 0 Å². The molecule has 0 radical (unpaired) electrons. The van der Waals surface area contributed by atoms with Crippen LogP contribution in [0.3, 0.4) is 0 Å². The van der Waals surface area contributed by atoms with Crippen molar-refractivity contribution in [2.45, 2.75) is 61.3 Å². The van der Waals surface area contributed by atoms with Crippen molar-refractivity contribution in [3.8, 4) is 0 Å². The van der Waals surface area contributed by atoms with Crippen LogP contribution >= 0.6 is 0 Å². The Morgan fingerprint density at radius 1 is 1.10 bits per heavy atom. The molecule has 1 heterocycles. The highest BCUT2D eigenvalue weighted by Crippen LogP contribution is 2.26. The predicted octanol–water partition coefficient (Wildman–Crippen LogP) is 6.01. The van der Waals surface area contributed by atoms with Gasteiger partial charge in [0, 0.05) is 18.4 Å². The fourth-order valence-electron chi connectivity index (χ4n) is 2.63. The average Bonchev–Trinajstić information content (AvgIpc) is 2.57. The highest BCUT2D eigenvalue weighted by atomic mass is 15.0. The molecule has 0 aliphatic carbocycles.